The van der Waals surface area contributed by atoms with Crippen LogP contribution in [-0.4, -0.2) is 34.2 Å². The molecule has 2 saturated heterocycles. The van der Waals surface area contributed by atoms with Crippen LogP contribution in [0.4, 0.5) is 8.78 Å². The Morgan fingerprint density at radius 2 is 1.71 bits per heavy atom. The zero-order valence-corrected chi connectivity index (χ0v) is 20.8. The number of fused-ring (bicyclic) bond motifs is 3. The SMILES string of the molecule is CCC1CCC(Oc2ccc3ccc(C(C)N4C5CCC4CC(C(=O)O)C5)cc3c2C(F)F)CC1. The van der Waals surface area contributed by atoms with Gasteiger partial charge in [-0.2, -0.15) is 0 Å². The summed E-state index contributed by atoms with van der Waals surface area (Å²) in [6, 6.07) is 10.0. The molecular formula is C29H37F2NO3. The highest BCUT2D eigenvalue weighted by molar-refractivity contribution is 5.88. The van der Waals surface area contributed by atoms with E-state index in [0.717, 1.165) is 55.4 Å². The quantitative estimate of drug-likeness (QED) is 0.441. The number of hydrogen-bond donors (Lipinski definition) is 1. The standard InChI is InChI=1S/C29H37F2NO3/c1-3-18-4-11-24(12-5-18)35-26-13-8-19-6-7-20(16-25(19)27(26)28(30)31)17(2)32-22-9-10-23(32)15-21(14-22)29(33)34/h6-8,13,16-18,21-24,28H,3-5,9-12,14-15H2,1-2H3,(H,33,34). The molecule has 4 nitrogen and oxygen atoms in total. The molecule has 190 valence electrons. The van der Waals surface area contributed by atoms with Crippen molar-refractivity contribution in [3.05, 3.63) is 41.5 Å². The highest BCUT2D eigenvalue weighted by Gasteiger charge is 2.45. The van der Waals surface area contributed by atoms with Crippen molar-refractivity contribution in [2.24, 2.45) is 11.8 Å². The van der Waals surface area contributed by atoms with Crippen LogP contribution in [0.25, 0.3) is 10.8 Å². The van der Waals surface area contributed by atoms with Gasteiger partial charge in [-0.25, -0.2) is 8.78 Å². The molecule has 2 bridgehead atoms. The molecule has 3 fully saturated rings. The van der Waals surface area contributed by atoms with Crippen LogP contribution < -0.4 is 4.74 Å². The van der Waals surface area contributed by atoms with Crippen molar-refractivity contribution < 1.29 is 23.4 Å². The van der Waals surface area contributed by atoms with Crippen LogP contribution in [0.15, 0.2) is 30.3 Å². The third-order valence-electron chi connectivity index (χ3n) is 9.00. The van der Waals surface area contributed by atoms with E-state index in [4.69, 9.17) is 4.74 Å². The van der Waals surface area contributed by atoms with Gasteiger partial charge in [0, 0.05) is 18.1 Å². The summed E-state index contributed by atoms with van der Waals surface area (Å²) in [5.41, 5.74) is 1.01. The summed E-state index contributed by atoms with van der Waals surface area (Å²) in [5, 5.41) is 10.9. The minimum atomic E-state index is -2.62. The van der Waals surface area contributed by atoms with E-state index < -0.39 is 12.4 Å². The molecule has 1 N–H and O–H groups in total. The van der Waals surface area contributed by atoms with E-state index in [1.54, 1.807) is 6.07 Å². The van der Waals surface area contributed by atoms with Crippen LogP contribution >= 0.6 is 0 Å². The number of carboxylic acids is 1. The number of ether oxygens (including phenoxy) is 1. The van der Waals surface area contributed by atoms with Gasteiger partial charge in [0.1, 0.15) is 5.75 Å². The van der Waals surface area contributed by atoms with Crippen LogP contribution in [0.5, 0.6) is 5.75 Å². The molecule has 2 aromatic carbocycles. The van der Waals surface area contributed by atoms with Crippen molar-refractivity contribution in [1.82, 2.24) is 4.90 Å². The van der Waals surface area contributed by atoms with Gasteiger partial charge in [-0.05, 0) is 92.7 Å². The van der Waals surface area contributed by atoms with Crippen molar-refractivity contribution in [3.63, 3.8) is 0 Å². The summed E-state index contributed by atoms with van der Waals surface area (Å²) >= 11 is 0. The van der Waals surface area contributed by atoms with Crippen molar-refractivity contribution in [1.29, 1.82) is 0 Å². The van der Waals surface area contributed by atoms with Crippen molar-refractivity contribution in [3.8, 4) is 5.75 Å². The summed E-state index contributed by atoms with van der Waals surface area (Å²) in [6.07, 6.45) is 5.95. The molecule has 3 atom stereocenters. The van der Waals surface area contributed by atoms with E-state index in [1.165, 1.54) is 6.42 Å². The average Bonchev–Trinajstić information content (AvgIpc) is 3.11. The lowest BCUT2D eigenvalue weighted by molar-refractivity contribution is -0.144. The molecule has 35 heavy (non-hydrogen) atoms. The first kappa shape index (κ1) is 24.5. The van der Waals surface area contributed by atoms with Gasteiger partial charge in [0.25, 0.3) is 6.43 Å². The van der Waals surface area contributed by atoms with E-state index in [0.29, 0.717) is 24.0 Å². The topological polar surface area (TPSA) is 49.8 Å². The van der Waals surface area contributed by atoms with E-state index in [-0.39, 0.29) is 35.7 Å². The van der Waals surface area contributed by atoms with E-state index in [9.17, 15) is 18.7 Å². The monoisotopic (exact) mass is 485 g/mol. The Balaban J connectivity index is 1.42. The number of carboxylic acid groups (broad SMARTS) is 1. The Hall–Kier alpha value is -2.21. The molecular weight excluding hydrogens is 448 g/mol. The maximum atomic E-state index is 14.4. The fourth-order valence-corrected chi connectivity index (χ4v) is 6.99. The minimum Gasteiger partial charge on any atom is -0.490 e. The fraction of sp³-hybridized carbons (Fsp3) is 0.621. The summed E-state index contributed by atoms with van der Waals surface area (Å²) < 4.78 is 35.0. The fourth-order valence-electron chi connectivity index (χ4n) is 6.99. The first-order valence-corrected chi connectivity index (χ1v) is 13.4. The van der Waals surface area contributed by atoms with Crippen molar-refractivity contribution in [2.45, 2.75) is 102 Å². The first-order valence-electron chi connectivity index (χ1n) is 13.4. The molecule has 1 aliphatic carbocycles. The number of alkyl halides is 2. The molecule has 0 amide bonds. The van der Waals surface area contributed by atoms with Gasteiger partial charge < -0.3 is 9.84 Å². The summed E-state index contributed by atoms with van der Waals surface area (Å²) in [7, 11) is 0. The molecule has 2 aromatic rings. The molecule has 0 spiro atoms. The normalized spacial score (nSPS) is 30.0. The zero-order valence-electron chi connectivity index (χ0n) is 20.8. The predicted molar refractivity (Wildman–Crippen MR) is 133 cm³/mol. The van der Waals surface area contributed by atoms with E-state index in [2.05, 4.69) is 18.7 Å². The number of nitrogens with zero attached hydrogens (tertiary/aromatic N) is 1. The average molecular weight is 486 g/mol. The second kappa shape index (κ2) is 10.0. The Kier molecular flexibility index (Phi) is 7.02. The molecule has 2 aliphatic heterocycles. The summed E-state index contributed by atoms with van der Waals surface area (Å²) in [5.74, 6) is 0.0720. The zero-order chi connectivity index (χ0) is 24.7. The highest BCUT2D eigenvalue weighted by Crippen LogP contribution is 2.45. The molecule has 5 rings (SSSR count). The van der Waals surface area contributed by atoms with Crippen LogP contribution in [-0.2, 0) is 4.79 Å². The Morgan fingerprint density at radius 3 is 2.31 bits per heavy atom. The number of piperidine rings is 1. The predicted octanol–water partition coefficient (Wildman–Crippen LogP) is 7.51. The Morgan fingerprint density at radius 1 is 1.06 bits per heavy atom. The van der Waals surface area contributed by atoms with Gasteiger partial charge in [0.15, 0.2) is 0 Å². The lowest BCUT2D eigenvalue weighted by Gasteiger charge is -2.41. The van der Waals surface area contributed by atoms with E-state index >= 15 is 0 Å². The molecule has 1 saturated carbocycles. The number of aliphatic carboxylic acids is 1. The first-order chi connectivity index (χ1) is 16.9. The smallest absolute Gasteiger partial charge is 0.306 e. The highest BCUT2D eigenvalue weighted by atomic mass is 19.3. The van der Waals surface area contributed by atoms with Crippen molar-refractivity contribution in [2.75, 3.05) is 0 Å². The van der Waals surface area contributed by atoms with Crippen LogP contribution in [0.2, 0.25) is 0 Å². The number of halogens is 2. The third kappa shape index (κ3) is 4.78. The maximum absolute atomic E-state index is 14.4. The number of rotatable bonds is 7. The minimum absolute atomic E-state index is 0.000937. The molecule has 3 unspecified atom stereocenters. The van der Waals surface area contributed by atoms with Gasteiger partial charge >= 0.3 is 5.97 Å². The lowest BCUT2D eigenvalue weighted by Crippen LogP contribution is -2.45. The van der Waals surface area contributed by atoms with Gasteiger partial charge in [-0.3, -0.25) is 9.69 Å². The number of carbonyl (C=O) groups is 1. The molecule has 0 aromatic heterocycles. The van der Waals surface area contributed by atoms with E-state index in [1.807, 2.05) is 24.3 Å². The molecule has 2 heterocycles. The van der Waals surface area contributed by atoms with Gasteiger partial charge in [0.2, 0.25) is 0 Å². The van der Waals surface area contributed by atoms with Crippen LogP contribution in [0, 0.1) is 11.8 Å². The lowest BCUT2D eigenvalue weighted by atomic mass is 9.86. The van der Waals surface area contributed by atoms with Gasteiger partial charge in [-0.15, -0.1) is 0 Å². The Labute approximate surface area is 206 Å². The molecule has 3 aliphatic rings. The maximum Gasteiger partial charge on any atom is 0.306 e. The second-order valence-electron chi connectivity index (χ2n) is 10.9. The molecule has 6 heteroatoms. The van der Waals surface area contributed by atoms with Crippen LogP contribution in [0.3, 0.4) is 0 Å². The molecule has 0 radical (unpaired) electrons. The van der Waals surface area contributed by atoms with Crippen molar-refractivity contribution >= 4 is 16.7 Å². The number of hydrogen-bond acceptors (Lipinski definition) is 3. The largest absolute Gasteiger partial charge is 0.490 e. The summed E-state index contributed by atoms with van der Waals surface area (Å²) in [4.78, 5) is 14.0. The number of benzene rings is 2. The Bertz CT molecular complexity index is 1050. The summed E-state index contributed by atoms with van der Waals surface area (Å²) in [6.45, 7) is 4.34. The van der Waals surface area contributed by atoms with Crippen LogP contribution in [0.1, 0.15) is 95.2 Å². The third-order valence-corrected chi connectivity index (χ3v) is 9.00. The second-order valence-corrected chi connectivity index (χ2v) is 10.9. The van der Waals surface area contributed by atoms with Gasteiger partial charge in [-0.1, -0.05) is 31.5 Å². The van der Waals surface area contributed by atoms with Gasteiger partial charge in [0.05, 0.1) is 17.6 Å².